The van der Waals surface area contributed by atoms with Crippen LogP contribution in [0.3, 0.4) is 0 Å². The summed E-state index contributed by atoms with van der Waals surface area (Å²) in [6.07, 6.45) is 1.62. The molecule has 0 saturated heterocycles. The van der Waals surface area contributed by atoms with Crippen molar-refractivity contribution in [3.8, 4) is 5.75 Å². The van der Waals surface area contributed by atoms with Crippen LogP contribution in [0.4, 0.5) is 11.4 Å². The number of hydrogen-bond acceptors (Lipinski definition) is 5. The van der Waals surface area contributed by atoms with Gasteiger partial charge in [-0.3, -0.25) is 14.9 Å². The molecule has 7 heteroatoms. The quantitative estimate of drug-likeness (QED) is 0.449. The van der Waals surface area contributed by atoms with Crippen LogP contribution in [0.1, 0.15) is 6.92 Å². The van der Waals surface area contributed by atoms with Crippen LogP contribution in [0.5, 0.6) is 5.75 Å². The highest BCUT2D eigenvalue weighted by molar-refractivity contribution is 5.71. The zero-order valence-electron chi connectivity index (χ0n) is 12.0. The van der Waals surface area contributed by atoms with Gasteiger partial charge in [0.1, 0.15) is 0 Å². The molecule has 0 aliphatic rings. The van der Waals surface area contributed by atoms with Gasteiger partial charge in [0.05, 0.1) is 18.0 Å². The molecule has 0 aliphatic heterocycles. The van der Waals surface area contributed by atoms with E-state index in [1.165, 1.54) is 19.2 Å². The van der Waals surface area contributed by atoms with Gasteiger partial charge in [0.2, 0.25) is 0 Å². The molecule has 0 spiro atoms. The SMILES string of the molecule is C=CCN(CC(C)C(=O)O)c1ccc(OC)c([N+](=O)[O-])c1. The van der Waals surface area contributed by atoms with Crippen molar-refractivity contribution in [1.29, 1.82) is 0 Å². The van der Waals surface area contributed by atoms with Gasteiger partial charge in [-0.05, 0) is 12.1 Å². The molecular weight excluding hydrogens is 276 g/mol. The van der Waals surface area contributed by atoms with Gasteiger partial charge in [-0.15, -0.1) is 6.58 Å². The van der Waals surface area contributed by atoms with Crippen molar-refractivity contribution >= 4 is 17.3 Å². The number of carbonyl (C=O) groups is 1. The van der Waals surface area contributed by atoms with E-state index in [1.807, 2.05) is 0 Å². The van der Waals surface area contributed by atoms with Gasteiger partial charge >= 0.3 is 11.7 Å². The molecule has 0 bridgehead atoms. The Morgan fingerprint density at radius 1 is 1.62 bits per heavy atom. The van der Waals surface area contributed by atoms with Gasteiger partial charge in [0, 0.05) is 24.8 Å². The number of ether oxygens (including phenoxy) is 1. The van der Waals surface area contributed by atoms with Gasteiger partial charge in [0.25, 0.3) is 0 Å². The van der Waals surface area contributed by atoms with Gasteiger partial charge in [-0.1, -0.05) is 13.0 Å². The Morgan fingerprint density at radius 3 is 2.76 bits per heavy atom. The van der Waals surface area contributed by atoms with Crippen LogP contribution in [-0.2, 0) is 4.79 Å². The maximum atomic E-state index is 11.0. The minimum atomic E-state index is -0.924. The zero-order valence-corrected chi connectivity index (χ0v) is 12.0. The third-order valence-corrected chi connectivity index (χ3v) is 2.99. The van der Waals surface area contributed by atoms with Crippen molar-refractivity contribution < 1.29 is 19.6 Å². The van der Waals surface area contributed by atoms with E-state index < -0.39 is 16.8 Å². The first-order chi connectivity index (χ1) is 9.90. The molecule has 0 radical (unpaired) electrons. The second-order valence-corrected chi connectivity index (χ2v) is 4.55. The second-order valence-electron chi connectivity index (χ2n) is 4.55. The number of aliphatic carboxylic acids is 1. The number of carboxylic acid groups (broad SMARTS) is 1. The molecule has 1 aromatic rings. The highest BCUT2D eigenvalue weighted by atomic mass is 16.6. The number of nitro groups is 1. The lowest BCUT2D eigenvalue weighted by atomic mass is 10.1. The summed E-state index contributed by atoms with van der Waals surface area (Å²) in [5.41, 5.74) is 0.391. The Bertz CT molecular complexity index is 544. The Balaban J connectivity index is 3.13. The zero-order chi connectivity index (χ0) is 16.0. The maximum Gasteiger partial charge on any atom is 0.312 e. The van der Waals surface area contributed by atoms with Crippen molar-refractivity contribution in [2.45, 2.75) is 6.92 Å². The van der Waals surface area contributed by atoms with Crippen molar-refractivity contribution in [3.05, 3.63) is 41.0 Å². The number of nitro benzene ring substituents is 1. The van der Waals surface area contributed by atoms with Gasteiger partial charge < -0.3 is 14.7 Å². The summed E-state index contributed by atoms with van der Waals surface area (Å²) in [7, 11) is 1.36. The molecule has 1 aromatic carbocycles. The number of nitrogens with zero attached hydrogens (tertiary/aromatic N) is 2. The van der Waals surface area contributed by atoms with Gasteiger partial charge in [-0.25, -0.2) is 0 Å². The lowest BCUT2D eigenvalue weighted by Crippen LogP contribution is -2.32. The predicted octanol–water partition coefficient (Wildman–Crippen LogP) is 2.32. The summed E-state index contributed by atoms with van der Waals surface area (Å²) in [6.45, 7) is 5.82. The maximum absolute atomic E-state index is 11.0. The summed E-state index contributed by atoms with van der Waals surface area (Å²) in [6, 6.07) is 4.52. The molecule has 114 valence electrons. The Morgan fingerprint density at radius 2 is 2.29 bits per heavy atom. The number of methoxy groups -OCH3 is 1. The molecular formula is C14H18N2O5. The van der Waals surface area contributed by atoms with E-state index in [0.29, 0.717) is 12.2 Å². The Hall–Kier alpha value is -2.57. The summed E-state index contributed by atoms with van der Waals surface area (Å²) >= 11 is 0. The smallest absolute Gasteiger partial charge is 0.312 e. The van der Waals surface area contributed by atoms with E-state index in [1.54, 1.807) is 24.0 Å². The first kappa shape index (κ1) is 16.5. The van der Waals surface area contributed by atoms with Crippen molar-refractivity contribution in [1.82, 2.24) is 0 Å². The average Bonchev–Trinajstić information content (AvgIpc) is 2.45. The standard InChI is InChI=1S/C14H18N2O5/c1-4-7-15(9-10(2)14(17)18)11-5-6-13(21-3)12(8-11)16(19)20/h4-6,8,10H,1,7,9H2,2-3H3,(H,17,18). The fourth-order valence-electron chi connectivity index (χ4n) is 1.87. The number of rotatable bonds is 8. The number of anilines is 1. The van der Waals surface area contributed by atoms with E-state index in [9.17, 15) is 14.9 Å². The number of hydrogen-bond donors (Lipinski definition) is 1. The summed E-state index contributed by atoms with van der Waals surface area (Å²) in [5, 5.41) is 20.0. The van der Waals surface area contributed by atoms with Crippen LogP contribution in [0.25, 0.3) is 0 Å². The lowest BCUT2D eigenvalue weighted by Gasteiger charge is -2.25. The van der Waals surface area contributed by atoms with Crippen molar-refractivity contribution in [2.24, 2.45) is 5.92 Å². The second kappa shape index (κ2) is 7.28. The topological polar surface area (TPSA) is 92.9 Å². The first-order valence-electron chi connectivity index (χ1n) is 6.31. The number of carboxylic acids is 1. The molecule has 7 nitrogen and oxygen atoms in total. The molecule has 1 unspecified atom stereocenters. The van der Waals surface area contributed by atoms with E-state index in [4.69, 9.17) is 9.84 Å². The van der Waals surface area contributed by atoms with Crippen LogP contribution < -0.4 is 9.64 Å². The minimum Gasteiger partial charge on any atom is -0.490 e. The third-order valence-electron chi connectivity index (χ3n) is 2.99. The van der Waals surface area contributed by atoms with Crippen LogP contribution >= 0.6 is 0 Å². The summed E-state index contributed by atoms with van der Waals surface area (Å²) in [4.78, 5) is 23.2. The molecule has 0 fully saturated rings. The molecule has 1 atom stereocenters. The normalized spacial score (nSPS) is 11.5. The lowest BCUT2D eigenvalue weighted by molar-refractivity contribution is -0.385. The highest BCUT2D eigenvalue weighted by Gasteiger charge is 2.20. The molecule has 0 aliphatic carbocycles. The van der Waals surface area contributed by atoms with Crippen LogP contribution in [-0.4, -0.2) is 36.2 Å². The third kappa shape index (κ3) is 4.20. The first-order valence-corrected chi connectivity index (χ1v) is 6.31. The number of benzene rings is 1. The molecule has 1 N–H and O–H groups in total. The van der Waals surface area contributed by atoms with E-state index >= 15 is 0 Å². The highest BCUT2D eigenvalue weighted by Crippen LogP contribution is 2.31. The minimum absolute atomic E-state index is 0.160. The van der Waals surface area contributed by atoms with Crippen LogP contribution in [0, 0.1) is 16.0 Å². The van der Waals surface area contributed by atoms with Crippen LogP contribution in [0.2, 0.25) is 0 Å². The Kier molecular flexibility index (Phi) is 5.71. The molecule has 0 heterocycles. The molecule has 1 rings (SSSR count). The Labute approximate surface area is 122 Å². The predicted molar refractivity (Wildman–Crippen MR) is 78.9 cm³/mol. The molecule has 0 aromatic heterocycles. The van der Waals surface area contributed by atoms with Gasteiger partial charge in [-0.2, -0.15) is 0 Å². The molecule has 0 amide bonds. The van der Waals surface area contributed by atoms with E-state index in [2.05, 4.69) is 6.58 Å². The summed E-state index contributed by atoms with van der Waals surface area (Å²) in [5.74, 6) is -1.37. The average molecular weight is 294 g/mol. The van der Waals surface area contributed by atoms with E-state index in [-0.39, 0.29) is 18.0 Å². The monoisotopic (exact) mass is 294 g/mol. The van der Waals surface area contributed by atoms with Crippen molar-refractivity contribution in [2.75, 3.05) is 25.1 Å². The largest absolute Gasteiger partial charge is 0.490 e. The van der Waals surface area contributed by atoms with Crippen molar-refractivity contribution in [3.63, 3.8) is 0 Å². The fraction of sp³-hybridized carbons (Fsp3) is 0.357. The summed E-state index contributed by atoms with van der Waals surface area (Å²) < 4.78 is 4.95. The molecule has 21 heavy (non-hydrogen) atoms. The fourth-order valence-corrected chi connectivity index (χ4v) is 1.87. The van der Waals surface area contributed by atoms with Gasteiger partial charge in [0.15, 0.2) is 5.75 Å². The van der Waals surface area contributed by atoms with Crippen LogP contribution in [0.15, 0.2) is 30.9 Å². The van der Waals surface area contributed by atoms with E-state index in [0.717, 1.165) is 0 Å². The molecule has 0 saturated carbocycles.